The minimum absolute atomic E-state index is 0.242. The maximum Gasteiger partial charge on any atom is 0.142 e. The third kappa shape index (κ3) is 4.55. The molecule has 0 radical (unpaired) electrons. The highest BCUT2D eigenvalue weighted by Gasteiger charge is 2.09. The molecule has 0 nitrogen and oxygen atoms in total. The molecule has 0 aliphatic carbocycles. The van der Waals surface area contributed by atoms with Gasteiger partial charge in [0, 0.05) is 5.56 Å². The Bertz CT molecular complexity index is 1250. The van der Waals surface area contributed by atoms with Gasteiger partial charge in [-0.15, -0.1) is 0 Å². The van der Waals surface area contributed by atoms with E-state index in [9.17, 15) is 13.2 Å². The molecule has 0 atom stereocenters. The first-order valence-corrected chi connectivity index (χ1v) is 9.73. The minimum atomic E-state index is -0.663. The van der Waals surface area contributed by atoms with Crippen molar-refractivity contribution in [2.24, 2.45) is 0 Å². The maximum atomic E-state index is 14.5. The standard InChI is InChI=1S/C27H19F3/c1-18-2-4-19(5-3-18)6-7-21-15-26(29)25(27(30)16-21)13-9-20-8-10-23-17-24(28)12-11-22(23)14-20/h2-5,8,10-12,14-17H,6-7H2,1H3. The summed E-state index contributed by atoms with van der Waals surface area (Å²) in [7, 11) is 0. The highest BCUT2D eigenvalue weighted by Crippen LogP contribution is 2.19. The Kier molecular flexibility index (Phi) is 5.59. The molecule has 148 valence electrons. The van der Waals surface area contributed by atoms with Crippen molar-refractivity contribution in [3.8, 4) is 11.8 Å². The van der Waals surface area contributed by atoms with E-state index in [0.29, 0.717) is 24.0 Å². The van der Waals surface area contributed by atoms with Crippen molar-refractivity contribution in [1.82, 2.24) is 0 Å². The molecule has 0 N–H and O–H groups in total. The molecule has 0 unspecified atom stereocenters. The third-order valence-corrected chi connectivity index (χ3v) is 5.06. The fraction of sp³-hybridized carbons (Fsp3) is 0.111. The Balaban J connectivity index is 1.54. The molecule has 0 spiro atoms. The molecule has 0 heterocycles. The molecule has 0 saturated heterocycles. The Morgan fingerprint density at radius 3 is 2.00 bits per heavy atom. The lowest BCUT2D eigenvalue weighted by molar-refractivity contribution is 0.573. The van der Waals surface area contributed by atoms with Gasteiger partial charge in [-0.05, 0) is 78.1 Å². The van der Waals surface area contributed by atoms with Crippen molar-refractivity contribution in [3.63, 3.8) is 0 Å². The van der Waals surface area contributed by atoms with E-state index in [1.165, 1.54) is 29.8 Å². The fourth-order valence-electron chi connectivity index (χ4n) is 3.36. The molecule has 0 aliphatic rings. The number of aryl methyl sites for hydroxylation is 3. The highest BCUT2D eigenvalue weighted by molar-refractivity contribution is 5.84. The predicted molar refractivity (Wildman–Crippen MR) is 115 cm³/mol. The lowest BCUT2D eigenvalue weighted by Gasteiger charge is -2.05. The molecule has 4 aromatic carbocycles. The summed E-state index contributed by atoms with van der Waals surface area (Å²) in [5, 5.41) is 1.56. The second-order valence-corrected chi connectivity index (χ2v) is 7.38. The van der Waals surface area contributed by atoms with Crippen LogP contribution in [0.4, 0.5) is 13.2 Å². The van der Waals surface area contributed by atoms with E-state index in [0.717, 1.165) is 16.3 Å². The normalized spacial score (nSPS) is 10.7. The third-order valence-electron chi connectivity index (χ3n) is 5.06. The number of rotatable bonds is 3. The zero-order valence-electron chi connectivity index (χ0n) is 16.5. The van der Waals surface area contributed by atoms with E-state index in [1.807, 2.05) is 31.2 Å². The second-order valence-electron chi connectivity index (χ2n) is 7.38. The zero-order chi connectivity index (χ0) is 21.1. The van der Waals surface area contributed by atoms with E-state index >= 15 is 0 Å². The van der Waals surface area contributed by atoms with Crippen molar-refractivity contribution in [2.75, 3.05) is 0 Å². The molecule has 0 saturated carbocycles. The van der Waals surface area contributed by atoms with Crippen LogP contribution in [0.3, 0.4) is 0 Å². The topological polar surface area (TPSA) is 0 Å². The van der Waals surface area contributed by atoms with Crippen LogP contribution < -0.4 is 0 Å². The number of benzene rings is 4. The van der Waals surface area contributed by atoms with E-state index < -0.39 is 11.6 Å². The van der Waals surface area contributed by atoms with Gasteiger partial charge >= 0.3 is 0 Å². The highest BCUT2D eigenvalue weighted by atomic mass is 19.1. The molecule has 0 fully saturated rings. The van der Waals surface area contributed by atoms with Crippen LogP contribution in [0.15, 0.2) is 72.8 Å². The summed E-state index contributed by atoms with van der Waals surface area (Å²) in [6.45, 7) is 2.02. The van der Waals surface area contributed by atoms with Gasteiger partial charge in [-0.3, -0.25) is 0 Å². The predicted octanol–water partition coefficient (Wildman–Crippen LogP) is 6.75. The van der Waals surface area contributed by atoms with Gasteiger partial charge in [-0.1, -0.05) is 53.8 Å². The van der Waals surface area contributed by atoms with Crippen LogP contribution in [-0.4, -0.2) is 0 Å². The number of hydrogen-bond donors (Lipinski definition) is 0. The molecule has 0 bridgehead atoms. The van der Waals surface area contributed by atoms with Crippen LogP contribution in [0.2, 0.25) is 0 Å². The Labute approximate surface area is 174 Å². The SMILES string of the molecule is Cc1ccc(CCc2cc(F)c(C#Cc3ccc4cc(F)ccc4c3)c(F)c2)cc1. The lowest BCUT2D eigenvalue weighted by Crippen LogP contribution is -1.97. The van der Waals surface area contributed by atoms with E-state index in [1.54, 1.807) is 24.3 Å². The van der Waals surface area contributed by atoms with Crippen molar-refractivity contribution in [2.45, 2.75) is 19.8 Å². The van der Waals surface area contributed by atoms with Crippen LogP contribution in [-0.2, 0) is 12.8 Å². The Morgan fingerprint density at radius 1 is 0.633 bits per heavy atom. The van der Waals surface area contributed by atoms with Gasteiger partial charge < -0.3 is 0 Å². The largest absolute Gasteiger partial charge is 0.207 e. The lowest BCUT2D eigenvalue weighted by atomic mass is 10.0. The average Bonchev–Trinajstić information content (AvgIpc) is 2.73. The molecule has 0 aromatic heterocycles. The summed E-state index contributed by atoms with van der Waals surface area (Å²) in [5.74, 6) is 3.78. The fourth-order valence-corrected chi connectivity index (χ4v) is 3.36. The molecular weight excluding hydrogens is 381 g/mol. The van der Waals surface area contributed by atoms with Gasteiger partial charge in [-0.2, -0.15) is 0 Å². The maximum absolute atomic E-state index is 14.5. The molecular formula is C27H19F3. The Hall–Kier alpha value is -3.51. The molecule has 4 aromatic rings. The van der Waals surface area contributed by atoms with Crippen LogP contribution >= 0.6 is 0 Å². The van der Waals surface area contributed by atoms with Gasteiger partial charge in [0.05, 0.1) is 5.56 Å². The average molecular weight is 400 g/mol. The molecule has 4 rings (SSSR count). The van der Waals surface area contributed by atoms with Crippen LogP contribution in [0.5, 0.6) is 0 Å². The minimum Gasteiger partial charge on any atom is -0.207 e. The van der Waals surface area contributed by atoms with E-state index in [4.69, 9.17) is 0 Å². The van der Waals surface area contributed by atoms with Crippen molar-refractivity contribution in [3.05, 3.63) is 118 Å². The second kappa shape index (κ2) is 8.47. The van der Waals surface area contributed by atoms with E-state index in [2.05, 4.69) is 11.8 Å². The van der Waals surface area contributed by atoms with Crippen LogP contribution in [0, 0.1) is 36.2 Å². The molecule has 0 aliphatic heterocycles. The van der Waals surface area contributed by atoms with Crippen molar-refractivity contribution < 1.29 is 13.2 Å². The van der Waals surface area contributed by atoms with E-state index in [-0.39, 0.29) is 11.4 Å². The number of fused-ring (bicyclic) bond motifs is 1. The number of hydrogen-bond acceptors (Lipinski definition) is 0. The first kappa shape index (κ1) is 19.8. The molecule has 3 heteroatoms. The molecule has 0 amide bonds. The monoisotopic (exact) mass is 400 g/mol. The Morgan fingerprint density at radius 2 is 1.27 bits per heavy atom. The van der Waals surface area contributed by atoms with Gasteiger partial charge in [0.25, 0.3) is 0 Å². The molecule has 30 heavy (non-hydrogen) atoms. The summed E-state index contributed by atoms with van der Waals surface area (Å²) in [6.07, 6.45) is 1.26. The summed E-state index contributed by atoms with van der Waals surface area (Å²) >= 11 is 0. The quantitative estimate of drug-likeness (QED) is 0.334. The van der Waals surface area contributed by atoms with Gasteiger partial charge in [-0.25, -0.2) is 13.2 Å². The van der Waals surface area contributed by atoms with Crippen molar-refractivity contribution in [1.29, 1.82) is 0 Å². The van der Waals surface area contributed by atoms with Gasteiger partial charge in [0.15, 0.2) is 0 Å². The summed E-state index contributed by atoms with van der Waals surface area (Å²) < 4.78 is 42.3. The van der Waals surface area contributed by atoms with Crippen LogP contribution in [0.1, 0.15) is 27.8 Å². The summed E-state index contributed by atoms with van der Waals surface area (Å²) in [4.78, 5) is 0. The van der Waals surface area contributed by atoms with Crippen molar-refractivity contribution >= 4 is 10.8 Å². The number of halogens is 3. The van der Waals surface area contributed by atoms with Gasteiger partial charge in [0.2, 0.25) is 0 Å². The summed E-state index contributed by atoms with van der Waals surface area (Å²) in [6, 6.07) is 20.5. The van der Waals surface area contributed by atoms with Crippen LogP contribution in [0.25, 0.3) is 10.8 Å². The first-order valence-electron chi connectivity index (χ1n) is 9.73. The zero-order valence-corrected chi connectivity index (χ0v) is 16.5. The van der Waals surface area contributed by atoms with Gasteiger partial charge in [0.1, 0.15) is 17.5 Å². The smallest absolute Gasteiger partial charge is 0.142 e. The summed E-state index contributed by atoms with van der Waals surface area (Å²) in [5.41, 5.74) is 3.27. The first-order chi connectivity index (χ1) is 14.5.